The third-order valence-corrected chi connectivity index (χ3v) is 5.79. The molecule has 5 heteroatoms. The van der Waals surface area contributed by atoms with Crippen LogP contribution >= 0.6 is 0 Å². The minimum atomic E-state index is -0.552. The van der Waals surface area contributed by atoms with Crippen LogP contribution in [0.3, 0.4) is 0 Å². The lowest BCUT2D eigenvalue weighted by Gasteiger charge is -2.36. The highest BCUT2D eigenvalue weighted by Crippen LogP contribution is 2.37. The average Bonchev–Trinajstić information content (AvgIpc) is 2.79. The molecule has 1 aliphatic rings. The van der Waals surface area contributed by atoms with E-state index in [4.69, 9.17) is 4.74 Å². The van der Waals surface area contributed by atoms with Crippen LogP contribution in [0.2, 0.25) is 0 Å². The standard InChI is InChI=1S/C25H25FN2O2/c26-22-8-3-5-19(15-22)17-28-24(29)25(10-13-30-14-11-25)16-20-6-1-2-9-23(20)21-7-4-12-27-18-21/h1-9,12,15,18H,10-11,13-14,16-17H2,(H,28,29). The molecule has 1 fully saturated rings. The first-order valence-corrected chi connectivity index (χ1v) is 10.3. The summed E-state index contributed by atoms with van der Waals surface area (Å²) in [4.78, 5) is 17.6. The maximum absolute atomic E-state index is 13.5. The Bertz CT molecular complexity index is 1000. The first-order chi connectivity index (χ1) is 14.7. The highest BCUT2D eigenvalue weighted by Gasteiger charge is 2.40. The Hall–Kier alpha value is -3.05. The number of pyridine rings is 1. The predicted molar refractivity (Wildman–Crippen MR) is 114 cm³/mol. The molecule has 1 aliphatic heterocycles. The Morgan fingerprint density at radius 1 is 1.07 bits per heavy atom. The van der Waals surface area contributed by atoms with Crippen LogP contribution in [0.1, 0.15) is 24.0 Å². The summed E-state index contributed by atoms with van der Waals surface area (Å²) in [6, 6.07) is 18.5. The number of ether oxygens (including phenoxy) is 1. The van der Waals surface area contributed by atoms with Crippen molar-refractivity contribution in [2.75, 3.05) is 13.2 Å². The van der Waals surface area contributed by atoms with Crippen molar-refractivity contribution >= 4 is 5.91 Å². The second kappa shape index (κ2) is 9.18. The molecule has 3 aromatic rings. The molecule has 0 radical (unpaired) electrons. The van der Waals surface area contributed by atoms with Gasteiger partial charge in [-0.1, -0.05) is 42.5 Å². The fourth-order valence-corrected chi connectivity index (χ4v) is 4.11. The van der Waals surface area contributed by atoms with Crippen LogP contribution in [0.4, 0.5) is 4.39 Å². The van der Waals surface area contributed by atoms with Gasteiger partial charge in [-0.25, -0.2) is 4.39 Å². The Balaban J connectivity index is 1.58. The van der Waals surface area contributed by atoms with E-state index >= 15 is 0 Å². The van der Waals surface area contributed by atoms with Crippen LogP contribution in [-0.2, 0) is 22.5 Å². The van der Waals surface area contributed by atoms with E-state index in [1.165, 1.54) is 12.1 Å². The highest BCUT2D eigenvalue weighted by atomic mass is 19.1. The Morgan fingerprint density at radius 3 is 2.67 bits per heavy atom. The maximum Gasteiger partial charge on any atom is 0.226 e. The molecule has 4 rings (SSSR count). The molecule has 0 unspecified atom stereocenters. The molecule has 30 heavy (non-hydrogen) atoms. The summed E-state index contributed by atoms with van der Waals surface area (Å²) in [5.41, 5.74) is 3.45. The number of carbonyl (C=O) groups is 1. The topological polar surface area (TPSA) is 51.2 Å². The van der Waals surface area contributed by atoms with Gasteiger partial charge in [0.1, 0.15) is 5.82 Å². The van der Waals surface area contributed by atoms with Crippen molar-refractivity contribution in [2.45, 2.75) is 25.8 Å². The maximum atomic E-state index is 13.5. The number of nitrogens with one attached hydrogen (secondary N) is 1. The summed E-state index contributed by atoms with van der Waals surface area (Å²) in [6.07, 6.45) is 5.54. The van der Waals surface area contributed by atoms with E-state index in [0.29, 0.717) is 39.0 Å². The number of halogens is 1. The quantitative estimate of drug-likeness (QED) is 0.656. The van der Waals surface area contributed by atoms with Gasteiger partial charge in [-0.2, -0.15) is 0 Å². The van der Waals surface area contributed by atoms with E-state index < -0.39 is 5.41 Å². The first-order valence-electron chi connectivity index (χ1n) is 10.3. The molecular weight excluding hydrogens is 379 g/mol. The van der Waals surface area contributed by atoms with Crippen LogP contribution in [0.25, 0.3) is 11.1 Å². The number of nitrogens with zero attached hydrogens (tertiary/aromatic N) is 1. The first kappa shape index (κ1) is 20.2. The minimum Gasteiger partial charge on any atom is -0.381 e. The zero-order valence-corrected chi connectivity index (χ0v) is 16.8. The number of rotatable bonds is 6. The number of carbonyl (C=O) groups excluding carboxylic acids is 1. The largest absolute Gasteiger partial charge is 0.381 e. The predicted octanol–water partition coefficient (Wildman–Crippen LogP) is 4.54. The molecule has 1 aromatic heterocycles. The minimum absolute atomic E-state index is 0.00366. The van der Waals surface area contributed by atoms with Gasteiger partial charge in [-0.05, 0) is 54.2 Å². The molecule has 1 N–H and O–H groups in total. The van der Waals surface area contributed by atoms with Crippen LogP contribution in [0, 0.1) is 11.2 Å². The lowest BCUT2D eigenvalue weighted by molar-refractivity contribution is -0.136. The fraction of sp³-hybridized carbons (Fsp3) is 0.280. The second-order valence-corrected chi connectivity index (χ2v) is 7.78. The Labute approximate surface area is 176 Å². The molecule has 2 aromatic carbocycles. The van der Waals surface area contributed by atoms with Crippen molar-refractivity contribution in [1.82, 2.24) is 10.3 Å². The van der Waals surface area contributed by atoms with E-state index in [1.807, 2.05) is 36.5 Å². The third kappa shape index (κ3) is 4.57. The SMILES string of the molecule is O=C(NCc1cccc(F)c1)C1(Cc2ccccc2-c2cccnc2)CCOCC1. The van der Waals surface area contributed by atoms with Crippen molar-refractivity contribution in [2.24, 2.45) is 5.41 Å². The van der Waals surface area contributed by atoms with Gasteiger partial charge >= 0.3 is 0 Å². The highest BCUT2D eigenvalue weighted by molar-refractivity contribution is 5.83. The van der Waals surface area contributed by atoms with Gasteiger partial charge in [-0.15, -0.1) is 0 Å². The summed E-state index contributed by atoms with van der Waals surface area (Å²) in [5.74, 6) is -0.302. The van der Waals surface area contributed by atoms with Gasteiger partial charge in [0.05, 0.1) is 5.41 Å². The molecule has 4 nitrogen and oxygen atoms in total. The van der Waals surface area contributed by atoms with Gasteiger partial charge in [0.2, 0.25) is 5.91 Å². The van der Waals surface area contributed by atoms with Crippen LogP contribution in [0.15, 0.2) is 73.1 Å². The van der Waals surface area contributed by atoms with Crippen LogP contribution < -0.4 is 5.32 Å². The Morgan fingerprint density at radius 2 is 1.90 bits per heavy atom. The zero-order chi connectivity index (χ0) is 20.8. The number of aromatic nitrogens is 1. The van der Waals surface area contributed by atoms with Crippen molar-refractivity contribution in [3.05, 3.63) is 90.0 Å². The van der Waals surface area contributed by atoms with Gasteiger partial charge in [-0.3, -0.25) is 9.78 Å². The van der Waals surface area contributed by atoms with E-state index in [1.54, 1.807) is 12.3 Å². The molecule has 0 aliphatic carbocycles. The molecule has 1 amide bonds. The molecule has 2 heterocycles. The van der Waals surface area contributed by atoms with Crippen LogP contribution in [-0.4, -0.2) is 24.1 Å². The number of benzene rings is 2. The smallest absolute Gasteiger partial charge is 0.226 e. The molecule has 0 bridgehead atoms. The van der Waals surface area contributed by atoms with Gasteiger partial charge < -0.3 is 10.1 Å². The number of hydrogen-bond acceptors (Lipinski definition) is 3. The number of amides is 1. The van der Waals surface area contributed by atoms with E-state index in [9.17, 15) is 9.18 Å². The summed E-state index contributed by atoms with van der Waals surface area (Å²) < 4.78 is 19.0. The molecule has 0 spiro atoms. The molecule has 154 valence electrons. The summed E-state index contributed by atoms with van der Waals surface area (Å²) in [6.45, 7) is 1.42. The molecule has 0 atom stereocenters. The summed E-state index contributed by atoms with van der Waals surface area (Å²) in [5, 5.41) is 3.04. The monoisotopic (exact) mass is 404 g/mol. The fourth-order valence-electron chi connectivity index (χ4n) is 4.11. The van der Waals surface area contributed by atoms with E-state index in [2.05, 4.69) is 22.4 Å². The molecular formula is C25H25FN2O2. The second-order valence-electron chi connectivity index (χ2n) is 7.78. The number of hydrogen-bond donors (Lipinski definition) is 1. The zero-order valence-electron chi connectivity index (χ0n) is 16.8. The van der Waals surface area contributed by atoms with Gasteiger partial charge in [0.25, 0.3) is 0 Å². The van der Waals surface area contributed by atoms with Crippen molar-refractivity contribution < 1.29 is 13.9 Å². The molecule has 0 saturated carbocycles. The third-order valence-electron chi connectivity index (χ3n) is 5.79. The van der Waals surface area contributed by atoms with Crippen molar-refractivity contribution in [3.8, 4) is 11.1 Å². The lowest BCUT2D eigenvalue weighted by atomic mass is 9.73. The normalized spacial score (nSPS) is 15.5. The van der Waals surface area contributed by atoms with Crippen molar-refractivity contribution in [1.29, 1.82) is 0 Å². The van der Waals surface area contributed by atoms with Gasteiger partial charge in [0, 0.05) is 37.7 Å². The van der Waals surface area contributed by atoms with E-state index in [-0.39, 0.29) is 11.7 Å². The average molecular weight is 404 g/mol. The molecule has 1 saturated heterocycles. The van der Waals surface area contributed by atoms with Gasteiger partial charge in [0.15, 0.2) is 0 Å². The Kier molecular flexibility index (Phi) is 6.19. The lowest BCUT2D eigenvalue weighted by Crippen LogP contribution is -2.46. The van der Waals surface area contributed by atoms with Crippen LogP contribution in [0.5, 0.6) is 0 Å². The van der Waals surface area contributed by atoms with Crippen molar-refractivity contribution in [3.63, 3.8) is 0 Å². The summed E-state index contributed by atoms with van der Waals surface area (Å²) in [7, 11) is 0. The van der Waals surface area contributed by atoms with E-state index in [0.717, 1.165) is 22.3 Å². The summed E-state index contributed by atoms with van der Waals surface area (Å²) >= 11 is 0.